The highest BCUT2D eigenvalue weighted by molar-refractivity contribution is 5.99. The van der Waals surface area contributed by atoms with Crippen molar-refractivity contribution in [3.05, 3.63) is 65.7 Å². The van der Waals surface area contributed by atoms with E-state index in [9.17, 15) is 19.1 Å². The van der Waals surface area contributed by atoms with Gasteiger partial charge in [0.2, 0.25) is 5.91 Å². The molecule has 0 fully saturated rings. The van der Waals surface area contributed by atoms with Crippen LogP contribution in [0.3, 0.4) is 0 Å². The van der Waals surface area contributed by atoms with E-state index in [4.69, 9.17) is 0 Å². The Kier molecular flexibility index (Phi) is 5.23. The fourth-order valence-corrected chi connectivity index (χ4v) is 2.43. The fraction of sp³-hybridized carbons (Fsp3) is 0.167. The molecule has 0 saturated heterocycles. The van der Waals surface area contributed by atoms with E-state index in [1.54, 1.807) is 30.3 Å². The second-order valence-corrected chi connectivity index (χ2v) is 5.69. The predicted molar refractivity (Wildman–Crippen MR) is 92.7 cm³/mol. The van der Waals surface area contributed by atoms with Gasteiger partial charge >= 0.3 is 0 Å². The summed E-state index contributed by atoms with van der Waals surface area (Å²) in [6, 6.07) is 9.45. The summed E-state index contributed by atoms with van der Waals surface area (Å²) in [4.78, 5) is 31.5. The molecular formula is C18H17FN4O3. The number of hydrogen-bond acceptors (Lipinski definition) is 4. The Balaban J connectivity index is 1.61. The number of H-pyrrole nitrogens is 1. The molecule has 0 aliphatic rings. The molecule has 0 aliphatic carbocycles. The summed E-state index contributed by atoms with van der Waals surface area (Å²) >= 11 is 0. The predicted octanol–water partition coefficient (Wildman–Crippen LogP) is 1.11. The van der Waals surface area contributed by atoms with Gasteiger partial charge in [0.1, 0.15) is 11.9 Å². The van der Waals surface area contributed by atoms with Crippen LogP contribution in [0.25, 0.3) is 11.0 Å². The summed E-state index contributed by atoms with van der Waals surface area (Å²) in [6.45, 7) is -0.390. The highest BCUT2D eigenvalue weighted by Gasteiger charge is 2.20. The van der Waals surface area contributed by atoms with Gasteiger partial charge in [-0.15, -0.1) is 0 Å². The van der Waals surface area contributed by atoms with E-state index in [1.807, 2.05) is 0 Å². The molecule has 0 spiro atoms. The number of benzene rings is 2. The second kappa shape index (κ2) is 7.75. The molecule has 1 aromatic heterocycles. The Morgan fingerprint density at radius 2 is 1.96 bits per heavy atom. The zero-order chi connectivity index (χ0) is 18.5. The van der Waals surface area contributed by atoms with Gasteiger partial charge in [-0.3, -0.25) is 9.59 Å². The summed E-state index contributed by atoms with van der Waals surface area (Å²) < 4.78 is 12.9. The lowest BCUT2D eigenvalue weighted by atomic mass is 10.1. The van der Waals surface area contributed by atoms with E-state index < -0.39 is 24.5 Å². The maximum absolute atomic E-state index is 12.9. The highest BCUT2D eigenvalue weighted by Crippen LogP contribution is 2.11. The number of aromatic amines is 1. The third-order valence-corrected chi connectivity index (χ3v) is 3.87. The quantitative estimate of drug-likeness (QED) is 0.531. The molecule has 7 nitrogen and oxygen atoms in total. The number of rotatable bonds is 6. The van der Waals surface area contributed by atoms with E-state index in [2.05, 4.69) is 20.6 Å². The average molecular weight is 356 g/mol. The first-order valence-corrected chi connectivity index (χ1v) is 7.94. The Morgan fingerprint density at radius 1 is 1.19 bits per heavy atom. The molecule has 4 N–H and O–H groups in total. The molecule has 26 heavy (non-hydrogen) atoms. The van der Waals surface area contributed by atoms with Crippen molar-refractivity contribution in [2.75, 3.05) is 6.61 Å². The smallest absolute Gasteiger partial charge is 0.252 e. The van der Waals surface area contributed by atoms with Gasteiger partial charge in [0.25, 0.3) is 5.91 Å². The van der Waals surface area contributed by atoms with Gasteiger partial charge in [0, 0.05) is 12.1 Å². The largest absolute Gasteiger partial charge is 0.394 e. The first-order valence-electron chi connectivity index (χ1n) is 7.94. The maximum atomic E-state index is 12.9. The molecule has 2 amide bonds. The van der Waals surface area contributed by atoms with Gasteiger partial charge in [0.15, 0.2) is 0 Å². The monoisotopic (exact) mass is 356 g/mol. The molecule has 1 heterocycles. The number of halogens is 1. The number of amides is 2. The first kappa shape index (κ1) is 17.6. The summed E-state index contributed by atoms with van der Waals surface area (Å²) in [6.07, 6.45) is 1.52. The van der Waals surface area contributed by atoms with E-state index in [0.29, 0.717) is 16.6 Å². The lowest BCUT2D eigenvalue weighted by Gasteiger charge is -2.16. The molecule has 0 unspecified atom stereocenters. The van der Waals surface area contributed by atoms with Crippen molar-refractivity contribution >= 4 is 22.8 Å². The summed E-state index contributed by atoms with van der Waals surface area (Å²) in [7, 11) is 0. The van der Waals surface area contributed by atoms with Crippen LogP contribution in [0.1, 0.15) is 15.9 Å². The molecule has 0 bridgehead atoms. The maximum Gasteiger partial charge on any atom is 0.252 e. The Hall–Kier alpha value is -3.26. The third kappa shape index (κ3) is 4.04. The topological polar surface area (TPSA) is 107 Å². The highest BCUT2D eigenvalue weighted by atomic mass is 19.1. The molecular weight excluding hydrogens is 339 g/mol. The van der Waals surface area contributed by atoms with Gasteiger partial charge in [0.05, 0.1) is 24.0 Å². The van der Waals surface area contributed by atoms with E-state index in [1.165, 1.54) is 18.5 Å². The number of aliphatic hydroxyl groups excluding tert-OH is 1. The molecule has 0 saturated carbocycles. The summed E-state index contributed by atoms with van der Waals surface area (Å²) in [5.74, 6) is -1.39. The number of hydrogen-bond donors (Lipinski definition) is 4. The van der Waals surface area contributed by atoms with Crippen molar-refractivity contribution < 1.29 is 19.1 Å². The van der Waals surface area contributed by atoms with Crippen LogP contribution in [0.15, 0.2) is 48.8 Å². The average Bonchev–Trinajstić information content (AvgIpc) is 3.13. The lowest BCUT2D eigenvalue weighted by Crippen LogP contribution is -2.48. The van der Waals surface area contributed by atoms with E-state index in [-0.39, 0.29) is 12.4 Å². The van der Waals surface area contributed by atoms with E-state index in [0.717, 1.165) is 5.52 Å². The van der Waals surface area contributed by atoms with Gasteiger partial charge in [-0.05, 0) is 35.9 Å². The summed E-state index contributed by atoms with van der Waals surface area (Å²) in [5.41, 5.74) is 2.45. The van der Waals surface area contributed by atoms with Gasteiger partial charge in [-0.1, -0.05) is 12.1 Å². The van der Waals surface area contributed by atoms with Crippen LogP contribution >= 0.6 is 0 Å². The van der Waals surface area contributed by atoms with Crippen LogP contribution in [0.4, 0.5) is 4.39 Å². The molecule has 1 atom stereocenters. The van der Waals surface area contributed by atoms with Crippen molar-refractivity contribution in [2.45, 2.75) is 12.6 Å². The standard InChI is InChI=1S/C18H17FN4O3/c19-13-4-1-11(2-5-13)8-20-18(26)16(9-24)23-17(25)12-3-6-14-15(7-12)22-10-21-14/h1-7,10,16,24H,8-9H2,(H,20,26)(H,21,22)(H,23,25)/t16-/m0/s1. The van der Waals surface area contributed by atoms with E-state index >= 15 is 0 Å². The number of aromatic nitrogens is 2. The fourth-order valence-electron chi connectivity index (χ4n) is 2.43. The number of aliphatic hydroxyl groups is 1. The minimum Gasteiger partial charge on any atom is -0.394 e. The minimum absolute atomic E-state index is 0.158. The van der Waals surface area contributed by atoms with Crippen molar-refractivity contribution in [3.63, 3.8) is 0 Å². The molecule has 0 radical (unpaired) electrons. The molecule has 3 rings (SSSR count). The Labute approximate surface area is 148 Å². The molecule has 134 valence electrons. The first-order chi connectivity index (χ1) is 12.6. The van der Waals surface area contributed by atoms with Crippen molar-refractivity contribution in [2.24, 2.45) is 0 Å². The number of carbonyl (C=O) groups is 2. The molecule has 2 aromatic carbocycles. The second-order valence-electron chi connectivity index (χ2n) is 5.69. The van der Waals surface area contributed by atoms with Crippen molar-refractivity contribution in [3.8, 4) is 0 Å². The molecule has 0 aliphatic heterocycles. The summed E-state index contributed by atoms with van der Waals surface area (Å²) in [5, 5.41) is 14.5. The van der Waals surface area contributed by atoms with Crippen molar-refractivity contribution in [1.29, 1.82) is 0 Å². The van der Waals surface area contributed by atoms with Crippen LogP contribution in [0.5, 0.6) is 0 Å². The van der Waals surface area contributed by atoms with Crippen LogP contribution in [-0.4, -0.2) is 39.5 Å². The van der Waals surface area contributed by atoms with Crippen molar-refractivity contribution in [1.82, 2.24) is 20.6 Å². The number of fused-ring (bicyclic) bond motifs is 1. The zero-order valence-corrected chi connectivity index (χ0v) is 13.7. The number of nitrogens with one attached hydrogen (secondary N) is 3. The van der Waals surface area contributed by atoms with Gasteiger partial charge < -0.3 is 20.7 Å². The van der Waals surface area contributed by atoms with Crippen LogP contribution in [0.2, 0.25) is 0 Å². The normalized spacial score (nSPS) is 11.9. The number of carbonyl (C=O) groups excluding carboxylic acids is 2. The van der Waals surface area contributed by atoms with Crippen LogP contribution in [-0.2, 0) is 11.3 Å². The number of imidazole rings is 1. The Bertz CT molecular complexity index is 924. The number of nitrogens with zero attached hydrogens (tertiary/aromatic N) is 1. The third-order valence-electron chi connectivity index (χ3n) is 3.87. The zero-order valence-electron chi connectivity index (χ0n) is 13.7. The molecule has 3 aromatic rings. The lowest BCUT2D eigenvalue weighted by molar-refractivity contribution is -0.124. The van der Waals surface area contributed by atoms with Crippen LogP contribution < -0.4 is 10.6 Å². The van der Waals surface area contributed by atoms with Gasteiger partial charge in [-0.2, -0.15) is 0 Å². The Morgan fingerprint density at radius 3 is 2.69 bits per heavy atom. The van der Waals surface area contributed by atoms with Crippen LogP contribution in [0, 0.1) is 5.82 Å². The minimum atomic E-state index is -1.10. The van der Waals surface area contributed by atoms with Gasteiger partial charge in [-0.25, -0.2) is 9.37 Å². The molecule has 8 heteroatoms. The SMILES string of the molecule is O=C(N[C@@H](CO)C(=O)NCc1ccc(F)cc1)c1ccc2nc[nH]c2c1.